The fraction of sp³-hybridized carbons (Fsp3) is 0.130. The van der Waals surface area contributed by atoms with E-state index in [4.69, 9.17) is 11.6 Å². The van der Waals surface area contributed by atoms with E-state index in [1.165, 1.54) is 36.5 Å². The minimum Gasteiger partial charge on any atom is -0.271 e. The van der Waals surface area contributed by atoms with Crippen LogP contribution in [-0.2, 0) is 14.8 Å². The van der Waals surface area contributed by atoms with Crippen LogP contribution >= 0.6 is 11.6 Å². The number of sulfonamides is 1. The van der Waals surface area contributed by atoms with Gasteiger partial charge in [-0.15, -0.1) is 0 Å². The van der Waals surface area contributed by atoms with Gasteiger partial charge in [0.15, 0.2) is 0 Å². The number of anilines is 1. The molecule has 0 aliphatic rings. The molecule has 0 spiro atoms. The molecule has 3 rings (SSSR count). The average Bonchev–Trinajstić information content (AvgIpc) is 2.80. The second kappa shape index (κ2) is 10.4. The number of rotatable bonds is 8. The summed E-state index contributed by atoms with van der Waals surface area (Å²) in [5, 5.41) is 15.0. The summed E-state index contributed by atoms with van der Waals surface area (Å²) >= 11 is 6.20. The Balaban J connectivity index is 1.88. The Morgan fingerprint density at radius 1 is 1.12 bits per heavy atom. The van der Waals surface area contributed by atoms with Crippen LogP contribution < -0.4 is 9.73 Å². The summed E-state index contributed by atoms with van der Waals surface area (Å²) in [7, 11) is -4.11. The van der Waals surface area contributed by atoms with Crippen LogP contribution in [0.5, 0.6) is 0 Å². The van der Waals surface area contributed by atoms with Crippen molar-refractivity contribution in [1.29, 1.82) is 0 Å². The molecular formula is C23H21ClN4O5S. The highest BCUT2D eigenvalue weighted by molar-refractivity contribution is 7.92. The van der Waals surface area contributed by atoms with Gasteiger partial charge >= 0.3 is 0 Å². The Bertz CT molecular complexity index is 1360. The number of nitrogens with zero attached hydrogens (tertiary/aromatic N) is 3. The van der Waals surface area contributed by atoms with Gasteiger partial charge in [-0.25, -0.2) is 13.8 Å². The molecule has 3 aromatic rings. The van der Waals surface area contributed by atoms with Crippen molar-refractivity contribution in [2.75, 3.05) is 10.8 Å². The maximum atomic E-state index is 13.4. The molecule has 3 aromatic carbocycles. The number of hydrazone groups is 1. The number of nitrogens with one attached hydrogen (secondary N) is 1. The summed E-state index contributed by atoms with van der Waals surface area (Å²) in [5.74, 6) is -0.711. The highest BCUT2D eigenvalue weighted by Gasteiger charge is 2.28. The normalized spacial score (nSPS) is 11.4. The van der Waals surface area contributed by atoms with Crippen molar-refractivity contribution >= 4 is 45.1 Å². The van der Waals surface area contributed by atoms with Gasteiger partial charge in [-0.3, -0.25) is 19.2 Å². The SMILES string of the molecule is Cc1ccc(S(=O)(=O)N(CC(=O)N/N=C\c2cccc([N+](=O)[O-])c2)c2cccc(Cl)c2C)cc1. The highest BCUT2D eigenvalue weighted by atomic mass is 35.5. The van der Waals surface area contributed by atoms with E-state index in [1.807, 2.05) is 6.92 Å². The summed E-state index contributed by atoms with van der Waals surface area (Å²) < 4.78 is 27.8. The van der Waals surface area contributed by atoms with Crippen molar-refractivity contribution in [2.24, 2.45) is 5.10 Å². The lowest BCUT2D eigenvalue weighted by Crippen LogP contribution is -2.40. The van der Waals surface area contributed by atoms with E-state index in [0.29, 0.717) is 16.1 Å². The molecule has 1 N–H and O–H groups in total. The summed E-state index contributed by atoms with van der Waals surface area (Å²) in [5.41, 5.74) is 4.17. The lowest BCUT2D eigenvalue weighted by molar-refractivity contribution is -0.384. The maximum Gasteiger partial charge on any atom is 0.270 e. The number of nitro benzene ring substituents is 1. The van der Waals surface area contributed by atoms with Gasteiger partial charge in [-0.2, -0.15) is 5.10 Å². The minimum absolute atomic E-state index is 0.0189. The predicted octanol–water partition coefficient (Wildman–Crippen LogP) is 4.21. The van der Waals surface area contributed by atoms with Gasteiger partial charge in [-0.1, -0.05) is 47.5 Å². The van der Waals surface area contributed by atoms with Gasteiger partial charge in [0.1, 0.15) is 6.54 Å². The molecule has 0 fully saturated rings. The minimum atomic E-state index is -4.11. The third kappa shape index (κ3) is 5.77. The van der Waals surface area contributed by atoms with E-state index in [1.54, 1.807) is 43.3 Å². The van der Waals surface area contributed by atoms with E-state index < -0.39 is 27.4 Å². The van der Waals surface area contributed by atoms with Gasteiger partial charge in [0.2, 0.25) is 0 Å². The molecule has 0 heterocycles. The molecule has 1 amide bonds. The number of benzene rings is 3. The third-order valence-electron chi connectivity index (χ3n) is 4.89. The molecule has 0 radical (unpaired) electrons. The number of nitro groups is 1. The van der Waals surface area contributed by atoms with Crippen LogP contribution in [0, 0.1) is 24.0 Å². The van der Waals surface area contributed by atoms with Crippen LogP contribution in [0.15, 0.2) is 76.7 Å². The van der Waals surface area contributed by atoms with E-state index >= 15 is 0 Å². The van der Waals surface area contributed by atoms with E-state index in [-0.39, 0.29) is 16.3 Å². The summed E-state index contributed by atoms with van der Waals surface area (Å²) in [6, 6.07) is 16.7. The molecular weight excluding hydrogens is 480 g/mol. The molecule has 0 aliphatic heterocycles. The Hall–Kier alpha value is -3.76. The van der Waals surface area contributed by atoms with Gasteiger partial charge in [-0.05, 0) is 43.7 Å². The first-order valence-electron chi connectivity index (χ1n) is 10.0. The maximum absolute atomic E-state index is 13.4. The number of halogens is 1. The second-order valence-corrected chi connectivity index (χ2v) is 9.62. The Morgan fingerprint density at radius 2 is 1.79 bits per heavy atom. The molecule has 0 bridgehead atoms. The molecule has 11 heteroatoms. The van der Waals surface area contributed by atoms with Crippen molar-refractivity contribution in [3.05, 3.63) is 98.6 Å². The molecule has 176 valence electrons. The quantitative estimate of drug-likeness (QED) is 0.282. The zero-order valence-corrected chi connectivity index (χ0v) is 19.9. The molecule has 0 aromatic heterocycles. The first kappa shape index (κ1) is 24.9. The number of hydrogen-bond donors (Lipinski definition) is 1. The topological polar surface area (TPSA) is 122 Å². The molecule has 9 nitrogen and oxygen atoms in total. The zero-order chi connectivity index (χ0) is 24.9. The molecule has 0 saturated heterocycles. The fourth-order valence-corrected chi connectivity index (χ4v) is 4.71. The van der Waals surface area contributed by atoms with Crippen LogP contribution in [0.4, 0.5) is 11.4 Å². The number of carbonyl (C=O) groups is 1. The number of non-ortho nitro benzene ring substituents is 1. The smallest absolute Gasteiger partial charge is 0.270 e. The van der Waals surface area contributed by atoms with Gasteiger partial charge in [0.25, 0.3) is 21.6 Å². The predicted molar refractivity (Wildman–Crippen MR) is 131 cm³/mol. The molecule has 0 aliphatic carbocycles. The van der Waals surface area contributed by atoms with Crippen molar-refractivity contribution in [3.63, 3.8) is 0 Å². The van der Waals surface area contributed by atoms with Crippen molar-refractivity contribution < 1.29 is 18.1 Å². The Morgan fingerprint density at radius 3 is 2.47 bits per heavy atom. The van der Waals surface area contributed by atoms with Gasteiger partial charge < -0.3 is 0 Å². The number of aryl methyl sites for hydroxylation is 1. The van der Waals surface area contributed by atoms with Crippen LogP contribution in [0.1, 0.15) is 16.7 Å². The van der Waals surface area contributed by atoms with Gasteiger partial charge in [0.05, 0.1) is 21.7 Å². The van der Waals surface area contributed by atoms with Crippen LogP contribution in [0.3, 0.4) is 0 Å². The van der Waals surface area contributed by atoms with Crippen molar-refractivity contribution in [2.45, 2.75) is 18.7 Å². The number of amides is 1. The Labute approximate surface area is 201 Å². The summed E-state index contributed by atoms with van der Waals surface area (Å²) in [4.78, 5) is 23.0. The van der Waals surface area contributed by atoms with Gasteiger partial charge in [0, 0.05) is 22.7 Å². The Kier molecular flexibility index (Phi) is 7.64. The monoisotopic (exact) mass is 500 g/mol. The van der Waals surface area contributed by atoms with E-state index in [9.17, 15) is 23.3 Å². The lowest BCUT2D eigenvalue weighted by atomic mass is 10.2. The molecule has 0 atom stereocenters. The first-order valence-corrected chi connectivity index (χ1v) is 11.8. The van der Waals surface area contributed by atoms with Crippen LogP contribution in [0.25, 0.3) is 0 Å². The second-order valence-electron chi connectivity index (χ2n) is 7.35. The molecule has 0 unspecified atom stereocenters. The first-order chi connectivity index (χ1) is 16.1. The number of carbonyl (C=O) groups excluding carboxylic acids is 1. The standard InChI is InChI=1S/C23H21ClN4O5S/c1-16-9-11-20(12-10-16)34(32,33)27(22-8-4-7-21(24)17(22)2)15-23(29)26-25-14-18-5-3-6-19(13-18)28(30)31/h3-14H,15H2,1-2H3,(H,26,29)/b25-14-. The largest absolute Gasteiger partial charge is 0.271 e. The summed E-state index contributed by atoms with van der Waals surface area (Å²) in [6.45, 7) is 2.93. The van der Waals surface area contributed by atoms with Crippen LogP contribution in [-0.4, -0.2) is 32.0 Å². The molecule has 0 saturated carbocycles. The van der Waals surface area contributed by atoms with Crippen molar-refractivity contribution in [1.82, 2.24) is 5.43 Å². The lowest BCUT2D eigenvalue weighted by Gasteiger charge is -2.25. The van der Waals surface area contributed by atoms with Crippen LogP contribution in [0.2, 0.25) is 5.02 Å². The zero-order valence-electron chi connectivity index (χ0n) is 18.3. The van der Waals surface area contributed by atoms with E-state index in [0.717, 1.165) is 9.87 Å². The fourth-order valence-electron chi connectivity index (χ4n) is 3.07. The average molecular weight is 501 g/mol. The third-order valence-corrected chi connectivity index (χ3v) is 7.07. The van der Waals surface area contributed by atoms with Crippen molar-refractivity contribution in [3.8, 4) is 0 Å². The molecule has 34 heavy (non-hydrogen) atoms. The number of hydrogen-bond acceptors (Lipinski definition) is 6. The van der Waals surface area contributed by atoms with E-state index in [2.05, 4.69) is 10.5 Å². The summed E-state index contributed by atoms with van der Waals surface area (Å²) in [6.07, 6.45) is 1.23. The highest BCUT2D eigenvalue weighted by Crippen LogP contribution is 2.30.